The van der Waals surface area contributed by atoms with Gasteiger partial charge in [0.15, 0.2) is 11.5 Å². The summed E-state index contributed by atoms with van der Waals surface area (Å²) in [5.41, 5.74) is 2.31. The van der Waals surface area contributed by atoms with E-state index < -0.39 is 0 Å². The second kappa shape index (κ2) is 9.31. The number of urea groups is 1. The second-order valence-corrected chi connectivity index (χ2v) is 7.36. The van der Waals surface area contributed by atoms with Gasteiger partial charge in [0, 0.05) is 12.6 Å². The van der Waals surface area contributed by atoms with Gasteiger partial charge >= 0.3 is 6.03 Å². The molecule has 1 aliphatic rings. The Kier molecular flexibility index (Phi) is 6.58. The molecule has 1 atom stereocenters. The Morgan fingerprint density at radius 1 is 1.00 bits per heavy atom. The molecule has 144 valence electrons. The third-order valence-electron chi connectivity index (χ3n) is 4.59. The van der Waals surface area contributed by atoms with E-state index in [2.05, 4.69) is 36.6 Å². The number of benzene rings is 2. The molecule has 0 saturated carbocycles. The molecule has 2 aromatic carbocycles. The summed E-state index contributed by atoms with van der Waals surface area (Å²) in [6, 6.07) is 16.1. The molecular weight excluding hydrogens is 340 g/mol. The van der Waals surface area contributed by atoms with Crippen molar-refractivity contribution in [3.63, 3.8) is 0 Å². The number of ether oxygens (including phenoxy) is 2. The van der Waals surface area contributed by atoms with E-state index in [4.69, 9.17) is 9.47 Å². The molecule has 3 rings (SSSR count). The molecule has 0 fully saturated rings. The second-order valence-electron chi connectivity index (χ2n) is 7.36. The molecule has 2 amide bonds. The largest absolute Gasteiger partial charge is 0.454 e. The molecule has 27 heavy (non-hydrogen) atoms. The van der Waals surface area contributed by atoms with Gasteiger partial charge in [-0.3, -0.25) is 0 Å². The number of fused-ring (bicyclic) bond motifs is 1. The van der Waals surface area contributed by atoms with Crippen LogP contribution in [0.2, 0.25) is 0 Å². The van der Waals surface area contributed by atoms with Crippen LogP contribution in [-0.4, -0.2) is 25.4 Å². The van der Waals surface area contributed by atoms with Crippen molar-refractivity contribution in [2.45, 2.75) is 39.2 Å². The van der Waals surface area contributed by atoms with E-state index in [1.165, 1.54) is 5.56 Å². The molecule has 0 radical (unpaired) electrons. The minimum Gasteiger partial charge on any atom is -0.454 e. The number of hydrogen-bond acceptors (Lipinski definition) is 3. The molecule has 2 N–H and O–H groups in total. The van der Waals surface area contributed by atoms with Crippen molar-refractivity contribution in [1.82, 2.24) is 10.6 Å². The number of nitrogens with one attached hydrogen (secondary N) is 2. The van der Waals surface area contributed by atoms with Gasteiger partial charge in [0.2, 0.25) is 6.79 Å². The summed E-state index contributed by atoms with van der Waals surface area (Å²) in [4.78, 5) is 12.3. The Labute approximate surface area is 161 Å². The Bertz CT molecular complexity index is 746. The predicted octanol–water partition coefficient (Wildman–Crippen LogP) is 3.91. The van der Waals surface area contributed by atoms with Crippen molar-refractivity contribution < 1.29 is 14.3 Å². The van der Waals surface area contributed by atoms with E-state index >= 15 is 0 Å². The molecule has 0 spiro atoms. The van der Waals surface area contributed by atoms with Crippen LogP contribution >= 0.6 is 0 Å². The van der Waals surface area contributed by atoms with Crippen molar-refractivity contribution in [2.24, 2.45) is 5.92 Å². The molecule has 0 aliphatic carbocycles. The Hall–Kier alpha value is -2.69. The van der Waals surface area contributed by atoms with E-state index in [1.807, 2.05) is 36.4 Å². The maximum absolute atomic E-state index is 12.3. The Balaban J connectivity index is 1.64. The molecule has 5 heteroatoms. The molecule has 0 saturated heterocycles. The normalized spacial score (nSPS) is 13.4. The average Bonchev–Trinajstić information content (AvgIpc) is 3.10. The van der Waals surface area contributed by atoms with Crippen LogP contribution in [0.15, 0.2) is 48.5 Å². The topological polar surface area (TPSA) is 59.6 Å². The van der Waals surface area contributed by atoms with Crippen LogP contribution in [0.1, 0.15) is 31.4 Å². The quantitative estimate of drug-likeness (QED) is 0.743. The third-order valence-corrected chi connectivity index (χ3v) is 4.59. The van der Waals surface area contributed by atoms with Gasteiger partial charge in [0.05, 0.1) is 0 Å². The van der Waals surface area contributed by atoms with Crippen molar-refractivity contribution in [3.8, 4) is 11.5 Å². The van der Waals surface area contributed by atoms with E-state index in [1.54, 1.807) is 0 Å². The summed E-state index contributed by atoms with van der Waals surface area (Å²) in [7, 11) is 0. The number of hydrogen-bond donors (Lipinski definition) is 2. The third kappa shape index (κ3) is 5.91. The van der Waals surface area contributed by atoms with Gasteiger partial charge in [0.25, 0.3) is 0 Å². The van der Waals surface area contributed by atoms with Gasteiger partial charge in [-0.05, 0) is 48.4 Å². The number of amides is 2. The zero-order valence-corrected chi connectivity index (χ0v) is 16.0. The molecule has 2 aromatic rings. The van der Waals surface area contributed by atoms with Gasteiger partial charge in [-0.2, -0.15) is 0 Å². The Morgan fingerprint density at radius 2 is 1.74 bits per heavy atom. The fourth-order valence-electron chi connectivity index (χ4n) is 3.14. The first-order valence-corrected chi connectivity index (χ1v) is 9.57. The molecule has 0 unspecified atom stereocenters. The highest BCUT2D eigenvalue weighted by atomic mass is 16.7. The summed E-state index contributed by atoms with van der Waals surface area (Å²) in [5, 5.41) is 6.10. The van der Waals surface area contributed by atoms with Crippen molar-refractivity contribution >= 4 is 6.03 Å². The van der Waals surface area contributed by atoms with Crippen LogP contribution < -0.4 is 20.1 Å². The summed E-state index contributed by atoms with van der Waals surface area (Å²) in [5.74, 6) is 2.11. The van der Waals surface area contributed by atoms with Crippen molar-refractivity contribution in [2.75, 3.05) is 13.3 Å². The van der Waals surface area contributed by atoms with E-state index in [0.29, 0.717) is 12.5 Å². The number of carbonyl (C=O) groups excluding carboxylic acids is 1. The molecule has 0 aromatic heterocycles. The fraction of sp³-hybridized carbons (Fsp3) is 0.409. The van der Waals surface area contributed by atoms with Crippen molar-refractivity contribution in [1.29, 1.82) is 0 Å². The lowest BCUT2D eigenvalue weighted by Crippen LogP contribution is -2.44. The highest BCUT2D eigenvalue weighted by Crippen LogP contribution is 2.32. The molecular formula is C22H28N2O3. The standard InChI is InChI=1S/C22H28N2O3/c1-16(2)10-11-23-22(25)24-19(12-17-6-4-3-5-7-17)13-18-8-9-20-21(14-18)27-15-26-20/h3-9,14,16,19H,10-13,15H2,1-2H3,(H2,23,24,25)/t19-/m1/s1. The smallest absolute Gasteiger partial charge is 0.315 e. The lowest BCUT2D eigenvalue weighted by molar-refractivity contribution is 0.174. The van der Waals surface area contributed by atoms with Gasteiger partial charge < -0.3 is 20.1 Å². The first-order valence-electron chi connectivity index (χ1n) is 9.57. The lowest BCUT2D eigenvalue weighted by atomic mass is 9.98. The molecule has 5 nitrogen and oxygen atoms in total. The van der Waals surface area contributed by atoms with Gasteiger partial charge in [-0.1, -0.05) is 50.2 Å². The predicted molar refractivity (Wildman–Crippen MR) is 106 cm³/mol. The maximum Gasteiger partial charge on any atom is 0.315 e. The summed E-state index contributed by atoms with van der Waals surface area (Å²) in [6.45, 7) is 5.25. The van der Waals surface area contributed by atoms with Crippen LogP contribution in [0.3, 0.4) is 0 Å². The molecule has 0 bridgehead atoms. The Morgan fingerprint density at radius 3 is 2.52 bits per heavy atom. The maximum atomic E-state index is 12.3. The minimum atomic E-state index is -0.114. The minimum absolute atomic E-state index is 0.00757. The van der Waals surface area contributed by atoms with Crippen LogP contribution in [0, 0.1) is 5.92 Å². The van der Waals surface area contributed by atoms with E-state index in [-0.39, 0.29) is 18.9 Å². The fourth-order valence-corrected chi connectivity index (χ4v) is 3.14. The SMILES string of the molecule is CC(C)CCNC(=O)N[C@H](Cc1ccccc1)Cc1ccc2c(c1)OCO2. The number of carbonyl (C=O) groups is 1. The summed E-state index contributed by atoms with van der Waals surface area (Å²) in [6.07, 6.45) is 2.47. The number of rotatable bonds is 8. The molecule has 1 heterocycles. The van der Waals surface area contributed by atoms with Gasteiger partial charge in [-0.15, -0.1) is 0 Å². The first-order chi connectivity index (χ1) is 13.1. The highest BCUT2D eigenvalue weighted by molar-refractivity contribution is 5.74. The first kappa shape index (κ1) is 19.1. The summed E-state index contributed by atoms with van der Waals surface area (Å²) < 4.78 is 10.9. The van der Waals surface area contributed by atoms with Crippen molar-refractivity contribution in [3.05, 3.63) is 59.7 Å². The van der Waals surface area contributed by atoms with Gasteiger partial charge in [-0.25, -0.2) is 4.79 Å². The average molecular weight is 368 g/mol. The zero-order valence-electron chi connectivity index (χ0n) is 16.0. The van der Waals surface area contributed by atoms with E-state index in [9.17, 15) is 4.79 Å². The van der Waals surface area contributed by atoms with Crippen LogP contribution in [-0.2, 0) is 12.8 Å². The lowest BCUT2D eigenvalue weighted by Gasteiger charge is -2.20. The highest BCUT2D eigenvalue weighted by Gasteiger charge is 2.17. The van der Waals surface area contributed by atoms with E-state index in [0.717, 1.165) is 36.3 Å². The zero-order chi connectivity index (χ0) is 19.1. The van der Waals surface area contributed by atoms with Crippen LogP contribution in [0.4, 0.5) is 4.79 Å². The monoisotopic (exact) mass is 368 g/mol. The van der Waals surface area contributed by atoms with Crippen LogP contribution in [0.5, 0.6) is 11.5 Å². The summed E-state index contributed by atoms with van der Waals surface area (Å²) >= 11 is 0. The molecule has 1 aliphatic heterocycles. The van der Waals surface area contributed by atoms with Gasteiger partial charge in [0.1, 0.15) is 0 Å². The van der Waals surface area contributed by atoms with Crippen LogP contribution in [0.25, 0.3) is 0 Å².